The van der Waals surface area contributed by atoms with Gasteiger partial charge in [0.05, 0.1) is 41.8 Å². The van der Waals surface area contributed by atoms with E-state index in [1.54, 1.807) is 19.4 Å². The van der Waals surface area contributed by atoms with Crippen LogP contribution in [0.25, 0.3) is 10.2 Å². The highest BCUT2D eigenvalue weighted by Gasteiger charge is 2.12. The van der Waals surface area contributed by atoms with Gasteiger partial charge in [0.15, 0.2) is 9.47 Å². The van der Waals surface area contributed by atoms with Crippen molar-refractivity contribution in [2.45, 2.75) is 17.7 Å². The molecule has 10 heteroatoms. The molecule has 7 nitrogen and oxygen atoms in total. The molecule has 0 unspecified atom stereocenters. The first-order chi connectivity index (χ1) is 13.1. The first-order valence-corrected chi connectivity index (χ1v) is 10.7. The number of thiazole rings is 2. The van der Waals surface area contributed by atoms with E-state index >= 15 is 0 Å². The number of carbonyl (C=O) groups excluding carboxylic acids is 2. The fourth-order valence-electron chi connectivity index (χ4n) is 2.16. The molecule has 2 heterocycles. The minimum Gasteiger partial charge on any atom is -0.497 e. The molecule has 0 aliphatic heterocycles. The van der Waals surface area contributed by atoms with Crippen LogP contribution in [0.5, 0.6) is 5.75 Å². The second-order valence-corrected chi connectivity index (χ2v) is 8.39. The Balaban J connectivity index is 1.52. The molecule has 3 rings (SSSR count). The first kappa shape index (κ1) is 19.6. The number of amides is 1. The molecule has 0 fully saturated rings. The number of benzene rings is 1. The van der Waals surface area contributed by atoms with Crippen molar-refractivity contribution in [2.75, 3.05) is 24.8 Å². The molecule has 0 aliphatic rings. The van der Waals surface area contributed by atoms with Crippen LogP contribution >= 0.6 is 34.4 Å². The average molecular weight is 424 g/mol. The van der Waals surface area contributed by atoms with Crippen LogP contribution in [0.15, 0.2) is 27.9 Å². The third-order valence-electron chi connectivity index (χ3n) is 3.33. The highest BCUT2D eigenvalue weighted by Crippen LogP contribution is 2.29. The van der Waals surface area contributed by atoms with Crippen LogP contribution in [0.1, 0.15) is 12.6 Å². The van der Waals surface area contributed by atoms with Crippen molar-refractivity contribution < 1.29 is 19.1 Å². The van der Waals surface area contributed by atoms with Crippen LogP contribution in [0, 0.1) is 0 Å². The minimum absolute atomic E-state index is 0.145. The van der Waals surface area contributed by atoms with Gasteiger partial charge >= 0.3 is 5.97 Å². The molecular weight excluding hydrogens is 406 g/mol. The van der Waals surface area contributed by atoms with E-state index in [0.29, 0.717) is 17.4 Å². The lowest BCUT2D eigenvalue weighted by molar-refractivity contribution is -0.142. The zero-order valence-electron chi connectivity index (χ0n) is 14.7. The van der Waals surface area contributed by atoms with Gasteiger partial charge in [-0.25, -0.2) is 9.97 Å². The Morgan fingerprint density at radius 2 is 2.15 bits per heavy atom. The van der Waals surface area contributed by atoms with Gasteiger partial charge in [0, 0.05) is 5.38 Å². The van der Waals surface area contributed by atoms with Crippen molar-refractivity contribution in [3.8, 4) is 5.75 Å². The predicted molar refractivity (Wildman–Crippen MR) is 108 cm³/mol. The highest BCUT2D eigenvalue weighted by atomic mass is 32.2. The molecule has 27 heavy (non-hydrogen) atoms. The number of methoxy groups -OCH3 is 1. The largest absolute Gasteiger partial charge is 0.497 e. The number of hydrogen-bond donors (Lipinski definition) is 1. The van der Waals surface area contributed by atoms with Gasteiger partial charge in [0.1, 0.15) is 5.75 Å². The van der Waals surface area contributed by atoms with Crippen molar-refractivity contribution in [3.05, 3.63) is 29.3 Å². The average Bonchev–Trinajstić information content (AvgIpc) is 3.25. The summed E-state index contributed by atoms with van der Waals surface area (Å²) in [6, 6.07) is 5.58. The van der Waals surface area contributed by atoms with Crippen molar-refractivity contribution >= 4 is 61.7 Å². The van der Waals surface area contributed by atoms with Gasteiger partial charge in [-0.15, -0.1) is 11.3 Å². The zero-order valence-corrected chi connectivity index (χ0v) is 17.1. The van der Waals surface area contributed by atoms with Gasteiger partial charge in [-0.1, -0.05) is 23.1 Å². The number of ether oxygens (including phenoxy) is 2. The number of nitrogens with one attached hydrogen (secondary N) is 1. The quantitative estimate of drug-likeness (QED) is 0.437. The molecule has 0 spiro atoms. The molecule has 2 aromatic heterocycles. The van der Waals surface area contributed by atoms with Crippen LogP contribution < -0.4 is 10.1 Å². The Labute approximate surface area is 168 Å². The van der Waals surface area contributed by atoms with E-state index in [4.69, 9.17) is 9.47 Å². The van der Waals surface area contributed by atoms with E-state index in [1.165, 1.54) is 34.4 Å². The van der Waals surface area contributed by atoms with E-state index < -0.39 is 0 Å². The predicted octanol–water partition coefficient (Wildman–Crippen LogP) is 3.60. The lowest BCUT2D eigenvalue weighted by Gasteiger charge is -1.99. The van der Waals surface area contributed by atoms with Crippen LogP contribution in [0.2, 0.25) is 0 Å². The summed E-state index contributed by atoms with van der Waals surface area (Å²) in [5.41, 5.74) is 1.47. The number of aromatic nitrogens is 2. The molecule has 0 radical (unpaired) electrons. The van der Waals surface area contributed by atoms with Gasteiger partial charge in [0.25, 0.3) is 0 Å². The first-order valence-electron chi connectivity index (χ1n) is 8.04. The number of nitrogens with zero attached hydrogens (tertiary/aromatic N) is 2. The summed E-state index contributed by atoms with van der Waals surface area (Å²) in [6.45, 7) is 2.12. The molecule has 0 saturated carbocycles. The van der Waals surface area contributed by atoms with Gasteiger partial charge < -0.3 is 14.8 Å². The van der Waals surface area contributed by atoms with Crippen molar-refractivity contribution in [1.82, 2.24) is 9.97 Å². The van der Waals surface area contributed by atoms with Crippen molar-refractivity contribution in [3.63, 3.8) is 0 Å². The monoisotopic (exact) mass is 423 g/mol. The molecule has 0 atom stereocenters. The number of thioether (sulfide) groups is 1. The van der Waals surface area contributed by atoms with E-state index in [1.807, 2.05) is 18.2 Å². The number of esters is 1. The summed E-state index contributed by atoms with van der Waals surface area (Å²) in [5.74, 6) is 0.505. The maximum Gasteiger partial charge on any atom is 0.311 e. The maximum absolute atomic E-state index is 12.2. The maximum atomic E-state index is 12.2. The summed E-state index contributed by atoms with van der Waals surface area (Å²) >= 11 is 4.12. The van der Waals surface area contributed by atoms with Gasteiger partial charge in [-0.3, -0.25) is 9.59 Å². The molecule has 0 saturated heterocycles. The molecule has 1 N–H and O–H groups in total. The Bertz CT molecular complexity index is 954. The van der Waals surface area contributed by atoms with E-state index in [2.05, 4.69) is 15.3 Å². The normalized spacial score (nSPS) is 10.7. The Morgan fingerprint density at radius 1 is 1.30 bits per heavy atom. The van der Waals surface area contributed by atoms with Gasteiger partial charge in [0.2, 0.25) is 5.91 Å². The number of carbonyl (C=O) groups is 2. The Morgan fingerprint density at radius 3 is 2.93 bits per heavy atom. The highest BCUT2D eigenvalue weighted by molar-refractivity contribution is 8.01. The Kier molecular flexibility index (Phi) is 6.64. The molecular formula is C17H17N3O4S3. The fraction of sp³-hybridized carbons (Fsp3) is 0.294. The number of rotatable bonds is 8. The summed E-state index contributed by atoms with van der Waals surface area (Å²) < 4.78 is 11.8. The standard InChI is InChI=1S/C17H17N3O4S3/c1-3-24-15(22)6-10-8-25-17(18-10)26-9-14(21)20-16-19-12-5-4-11(23-2)7-13(12)27-16/h4-5,7-8H,3,6,9H2,1-2H3,(H,19,20,21). The van der Waals surface area contributed by atoms with Crippen LogP contribution in [0.3, 0.4) is 0 Å². The van der Waals surface area contributed by atoms with E-state index in [-0.39, 0.29) is 24.1 Å². The third kappa shape index (κ3) is 5.41. The zero-order chi connectivity index (χ0) is 19.2. The summed E-state index contributed by atoms with van der Waals surface area (Å²) in [6.07, 6.45) is 0.145. The fourth-order valence-corrected chi connectivity index (χ4v) is 4.72. The number of anilines is 1. The van der Waals surface area contributed by atoms with E-state index in [9.17, 15) is 9.59 Å². The second kappa shape index (κ2) is 9.16. The summed E-state index contributed by atoms with van der Waals surface area (Å²) in [7, 11) is 1.61. The van der Waals surface area contributed by atoms with Crippen molar-refractivity contribution in [1.29, 1.82) is 0 Å². The van der Waals surface area contributed by atoms with Crippen LogP contribution in [0.4, 0.5) is 5.13 Å². The smallest absolute Gasteiger partial charge is 0.311 e. The van der Waals surface area contributed by atoms with Crippen LogP contribution in [-0.2, 0) is 20.7 Å². The Hall–Kier alpha value is -2.17. The second-order valence-electron chi connectivity index (χ2n) is 5.28. The molecule has 1 aromatic carbocycles. The number of hydrogen-bond acceptors (Lipinski definition) is 9. The topological polar surface area (TPSA) is 90.4 Å². The van der Waals surface area contributed by atoms with E-state index in [0.717, 1.165) is 20.3 Å². The van der Waals surface area contributed by atoms with Gasteiger partial charge in [-0.05, 0) is 25.1 Å². The molecule has 3 aromatic rings. The molecule has 1 amide bonds. The summed E-state index contributed by atoms with van der Waals surface area (Å²) in [4.78, 5) is 32.4. The van der Waals surface area contributed by atoms with Crippen LogP contribution in [-0.4, -0.2) is 41.3 Å². The lowest BCUT2D eigenvalue weighted by Crippen LogP contribution is -2.13. The third-order valence-corrected chi connectivity index (χ3v) is 6.33. The van der Waals surface area contributed by atoms with Gasteiger partial charge in [-0.2, -0.15) is 0 Å². The molecule has 0 bridgehead atoms. The molecule has 0 aliphatic carbocycles. The molecule has 142 valence electrons. The minimum atomic E-state index is -0.301. The SMILES string of the molecule is CCOC(=O)Cc1csc(SCC(=O)Nc2nc3ccc(OC)cc3s2)n1. The number of fused-ring (bicyclic) bond motifs is 1. The van der Waals surface area contributed by atoms with Crippen molar-refractivity contribution in [2.24, 2.45) is 0 Å². The lowest BCUT2D eigenvalue weighted by atomic mass is 10.3. The summed E-state index contributed by atoms with van der Waals surface area (Å²) in [5, 5.41) is 5.16.